The predicted molar refractivity (Wildman–Crippen MR) is 71.5 cm³/mol. The molecule has 0 aromatic carbocycles. The zero-order valence-corrected chi connectivity index (χ0v) is 11.5. The fraction of sp³-hybridized carbons (Fsp3) is 0.846. The molecule has 0 spiro atoms. The van der Waals surface area contributed by atoms with Crippen LogP contribution in [0.2, 0.25) is 0 Å². The second kappa shape index (κ2) is 5.57. The van der Waals surface area contributed by atoms with E-state index in [2.05, 4.69) is 10.1 Å². The number of hydrogen-bond donors (Lipinski definition) is 1. The van der Waals surface area contributed by atoms with Crippen molar-refractivity contribution in [2.24, 2.45) is 11.7 Å². The van der Waals surface area contributed by atoms with Crippen LogP contribution in [0.15, 0.2) is 4.52 Å². The average molecular weight is 272 g/mol. The van der Waals surface area contributed by atoms with E-state index in [9.17, 15) is 0 Å². The van der Waals surface area contributed by atoms with Crippen LogP contribution < -0.4 is 5.73 Å². The first-order chi connectivity index (χ1) is 8.26. The molecule has 2 fully saturated rings. The minimum Gasteiger partial charge on any atom is -0.339 e. The van der Waals surface area contributed by atoms with Gasteiger partial charge in [0, 0.05) is 6.42 Å². The SMILES string of the molecule is Cl.NC1(c2noc(CCC3CCC3)n2)CCCC1. The van der Waals surface area contributed by atoms with Crippen molar-refractivity contribution in [2.45, 2.75) is 63.3 Å². The van der Waals surface area contributed by atoms with Gasteiger partial charge < -0.3 is 10.3 Å². The maximum absolute atomic E-state index is 6.30. The summed E-state index contributed by atoms with van der Waals surface area (Å²) in [4.78, 5) is 4.49. The highest BCUT2D eigenvalue weighted by Crippen LogP contribution is 2.35. The summed E-state index contributed by atoms with van der Waals surface area (Å²) in [6.07, 6.45) is 10.6. The molecule has 0 unspecified atom stereocenters. The largest absolute Gasteiger partial charge is 0.339 e. The van der Waals surface area contributed by atoms with E-state index < -0.39 is 0 Å². The number of nitrogens with zero attached hydrogens (tertiary/aromatic N) is 2. The number of hydrogen-bond acceptors (Lipinski definition) is 4. The van der Waals surface area contributed by atoms with Gasteiger partial charge in [-0.3, -0.25) is 0 Å². The van der Waals surface area contributed by atoms with E-state index in [1.807, 2.05) is 0 Å². The summed E-state index contributed by atoms with van der Waals surface area (Å²) < 4.78 is 5.32. The summed E-state index contributed by atoms with van der Waals surface area (Å²) in [5.74, 6) is 2.41. The number of aryl methyl sites for hydroxylation is 1. The smallest absolute Gasteiger partial charge is 0.226 e. The zero-order chi connectivity index (χ0) is 11.7. The molecule has 2 N–H and O–H groups in total. The highest BCUT2D eigenvalue weighted by Gasteiger charge is 2.35. The lowest BCUT2D eigenvalue weighted by Gasteiger charge is -2.24. The van der Waals surface area contributed by atoms with Crippen molar-refractivity contribution in [1.82, 2.24) is 10.1 Å². The number of aromatic nitrogens is 2. The molecule has 0 bridgehead atoms. The van der Waals surface area contributed by atoms with Crippen molar-refractivity contribution < 1.29 is 4.52 Å². The Morgan fingerprint density at radius 2 is 1.94 bits per heavy atom. The highest BCUT2D eigenvalue weighted by molar-refractivity contribution is 5.85. The molecule has 1 heterocycles. The van der Waals surface area contributed by atoms with Crippen molar-refractivity contribution in [3.05, 3.63) is 11.7 Å². The molecular formula is C13H22ClN3O. The van der Waals surface area contributed by atoms with Crippen LogP contribution >= 0.6 is 12.4 Å². The van der Waals surface area contributed by atoms with E-state index in [1.165, 1.54) is 38.5 Å². The fourth-order valence-electron chi connectivity index (χ4n) is 2.90. The van der Waals surface area contributed by atoms with Crippen LogP contribution in [0, 0.1) is 5.92 Å². The monoisotopic (exact) mass is 271 g/mol. The molecule has 0 aliphatic heterocycles. The quantitative estimate of drug-likeness (QED) is 0.914. The topological polar surface area (TPSA) is 64.9 Å². The van der Waals surface area contributed by atoms with Gasteiger partial charge in [-0.2, -0.15) is 4.98 Å². The number of nitrogens with two attached hydrogens (primary N) is 1. The van der Waals surface area contributed by atoms with E-state index in [4.69, 9.17) is 10.3 Å². The van der Waals surface area contributed by atoms with Gasteiger partial charge in [-0.15, -0.1) is 12.4 Å². The fourth-order valence-corrected chi connectivity index (χ4v) is 2.90. The molecule has 0 radical (unpaired) electrons. The Kier molecular flexibility index (Phi) is 4.28. The summed E-state index contributed by atoms with van der Waals surface area (Å²) >= 11 is 0. The van der Waals surface area contributed by atoms with E-state index in [-0.39, 0.29) is 17.9 Å². The third-order valence-electron chi connectivity index (χ3n) is 4.40. The molecule has 102 valence electrons. The molecule has 2 saturated carbocycles. The Bertz CT molecular complexity index is 383. The molecule has 3 rings (SSSR count). The van der Waals surface area contributed by atoms with Gasteiger partial charge in [-0.05, 0) is 25.2 Å². The first kappa shape index (κ1) is 13.8. The Morgan fingerprint density at radius 3 is 2.56 bits per heavy atom. The average Bonchev–Trinajstić information content (AvgIpc) is 2.85. The highest BCUT2D eigenvalue weighted by atomic mass is 35.5. The number of rotatable bonds is 4. The molecule has 4 nitrogen and oxygen atoms in total. The lowest BCUT2D eigenvalue weighted by Crippen LogP contribution is -2.34. The van der Waals surface area contributed by atoms with Crippen LogP contribution in [-0.2, 0) is 12.0 Å². The summed E-state index contributed by atoms with van der Waals surface area (Å²) in [7, 11) is 0. The molecule has 2 aliphatic carbocycles. The van der Waals surface area contributed by atoms with E-state index in [0.717, 1.165) is 36.9 Å². The molecule has 18 heavy (non-hydrogen) atoms. The summed E-state index contributed by atoms with van der Waals surface area (Å²) in [6.45, 7) is 0. The van der Waals surface area contributed by atoms with Gasteiger partial charge in [-0.1, -0.05) is 37.3 Å². The van der Waals surface area contributed by atoms with Crippen molar-refractivity contribution in [1.29, 1.82) is 0 Å². The second-order valence-electron chi connectivity index (χ2n) is 5.71. The molecule has 0 saturated heterocycles. The lowest BCUT2D eigenvalue weighted by atomic mass is 9.82. The molecule has 1 aromatic rings. The van der Waals surface area contributed by atoms with Crippen LogP contribution in [0.5, 0.6) is 0 Å². The molecule has 0 amide bonds. The Hall–Kier alpha value is -0.610. The molecule has 5 heteroatoms. The maximum atomic E-state index is 6.30. The van der Waals surface area contributed by atoms with Gasteiger partial charge in [0.1, 0.15) is 0 Å². The molecular weight excluding hydrogens is 250 g/mol. The van der Waals surface area contributed by atoms with Crippen molar-refractivity contribution in [2.75, 3.05) is 0 Å². The summed E-state index contributed by atoms with van der Waals surface area (Å²) in [5.41, 5.74) is 5.99. The van der Waals surface area contributed by atoms with Gasteiger partial charge in [-0.25, -0.2) is 0 Å². The second-order valence-corrected chi connectivity index (χ2v) is 5.71. The van der Waals surface area contributed by atoms with Crippen LogP contribution in [0.25, 0.3) is 0 Å². The molecule has 0 atom stereocenters. The third kappa shape index (κ3) is 2.69. The Morgan fingerprint density at radius 1 is 1.22 bits per heavy atom. The normalized spacial score (nSPS) is 22.5. The zero-order valence-electron chi connectivity index (χ0n) is 10.7. The van der Waals surface area contributed by atoms with Gasteiger partial charge >= 0.3 is 0 Å². The van der Waals surface area contributed by atoms with Gasteiger partial charge in [0.05, 0.1) is 5.54 Å². The molecule has 2 aliphatic rings. The van der Waals surface area contributed by atoms with Crippen molar-refractivity contribution in [3.63, 3.8) is 0 Å². The van der Waals surface area contributed by atoms with Crippen molar-refractivity contribution in [3.8, 4) is 0 Å². The van der Waals surface area contributed by atoms with Gasteiger partial charge in [0.2, 0.25) is 5.89 Å². The van der Waals surface area contributed by atoms with Crippen LogP contribution in [-0.4, -0.2) is 10.1 Å². The van der Waals surface area contributed by atoms with Crippen molar-refractivity contribution >= 4 is 12.4 Å². The van der Waals surface area contributed by atoms with Crippen LogP contribution in [0.1, 0.15) is 63.1 Å². The Labute approximate surface area is 114 Å². The number of halogens is 1. The van der Waals surface area contributed by atoms with Crippen LogP contribution in [0.4, 0.5) is 0 Å². The van der Waals surface area contributed by atoms with E-state index in [0.29, 0.717) is 0 Å². The summed E-state index contributed by atoms with van der Waals surface area (Å²) in [5, 5.41) is 4.08. The predicted octanol–water partition coefficient (Wildman–Crippen LogP) is 2.95. The third-order valence-corrected chi connectivity index (χ3v) is 4.40. The first-order valence-electron chi connectivity index (χ1n) is 6.88. The minimum atomic E-state index is -0.307. The first-order valence-corrected chi connectivity index (χ1v) is 6.88. The standard InChI is InChI=1S/C13H21N3O.ClH/c14-13(8-1-2-9-13)12-15-11(17-16-12)7-6-10-4-3-5-10;/h10H,1-9,14H2;1H. The lowest BCUT2D eigenvalue weighted by molar-refractivity contribution is 0.279. The van der Waals surface area contributed by atoms with Gasteiger partial charge in [0.15, 0.2) is 5.82 Å². The summed E-state index contributed by atoms with van der Waals surface area (Å²) in [6, 6.07) is 0. The van der Waals surface area contributed by atoms with E-state index in [1.54, 1.807) is 0 Å². The van der Waals surface area contributed by atoms with Crippen LogP contribution in [0.3, 0.4) is 0 Å². The minimum absolute atomic E-state index is 0. The Balaban J connectivity index is 0.00000120. The molecule has 1 aromatic heterocycles. The maximum Gasteiger partial charge on any atom is 0.226 e. The van der Waals surface area contributed by atoms with E-state index >= 15 is 0 Å². The van der Waals surface area contributed by atoms with Gasteiger partial charge in [0.25, 0.3) is 0 Å².